The molecule has 1 atom stereocenters. The zero-order chi connectivity index (χ0) is 15.9. The molecule has 21 heavy (non-hydrogen) atoms. The van der Waals surface area contributed by atoms with Gasteiger partial charge in [-0.15, -0.1) is 0 Å². The number of nitrogens with zero attached hydrogens (tertiary/aromatic N) is 2. The fourth-order valence-electron chi connectivity index (χ4n) is 3.01. The van der Waals surface area contributed by atoms with Crippen LogP contribution in [0.25, 0.3) is 0 Å². The maximum absolute atomic E-state index is 5.94. The van der Waals surface area contributed by atoms with Crippen molar-refractivity contribution >= 4 is 0 Å². The minimum atomic E-state index is 0.353. The Morgan fingerprint density at radius 2 is 2.05 bits per heavy atom. The average molecular weight is 300 g/mol. The Morgan fingerprint density at radius 1 is 1.33 bits per heavy atom. The van der Waals surface area contributed by atoms with Crippen molar-refractivity contribution in [2.75, 3.05) is 52.9 Å². The summed E-state index contributed by atoms with van der Waals surface area (Å²) in [5.74, 6) is 0. The Kier molecular flexibility index (Phi) is 8.17. The molecular weight excluding hydrogens is 262 g/mol. The van der Waals surface area contributed by atoms with Crippen molar-refractivity contribution in [2.24, 2.45) is 5.41 Å². The standard InChI is InChI=1S/C17H37N3O/c1-15(2)18-8-7-9-20-10-11-21-16(13-20)12-19(6)14-17(3,4)5/h15-16,18H,7-14H2,1-6H3/t16-/m0/s1. The number of hydrogen-bond acceptors (Lipinski definition) is 4. The van der Waals surface area contributed by atoms with Crippen LogP contribution in [0.5, 0.6) is 0 Å². The van der Waals surface area contributed by atoms with E-state index in [0.29, 0.717) is 17.6 Å². The third-order valence-corrected chi connectivity index (χ3v) is 3.69. The Balaban J connectivity index is 2.22. The number of hydrogen-bond donors (Lipinski definition) is 1. The van der Waals surface area contributed by atoms with Gasteiger partial charge in [-0.2, -0.15) is 0 Å². The molecule has 1 aliphatic heterocycles. The molecule has 0 spiro atoms. The molecule has 0 radical (unpaired) electrons. The van der Waals surface area contributed by atoms with E-state index in [1.165, 1.54) is 13.0 Å². The van der Waals surface area contributed by atoms with Crippen LogP contribution in [-0.2, 0) is 4.74 Å². The van der Waals surface area contributed by atoms with Crippen LogP contribution in [-0.4, -0.2) is 74.9 Å². The van der Waals surface area contributed by atoms with Gasteiger partial charge < -0.3 is 15.0 Å². The molecule has 4 nitrogen and oxygen atoms in total. The second-order valence-electron chi connectivity index (χ2n) is 8.01. The lowest BCUT2D eigenvalue weighted by Crippen LogP contribution is -2.48. The van der Waals surface area contributed by atoms with Gasteiger partial charge in [0, 0.05) is 32.2 Å². The maximum Gasteiger partial charge on any atom is 0.0829 e. The Morgan fingerprint density at radius 3 is 2.67 bits per heavy atom. The monoisotopic (exact) mass is 299 g/mol. The predicted octanol–water partition coefficient (Wildman–Crippen LogP) is 2.05. The van der Waals surface area contributed by atoms with Crippen molar-refractivity contribution in [3.63, 3.8) is 0 Å². The summed E-state index contributed by atoms with van der Waals surface area (Å²) in [6.07, 6.45) is 1.59. The van der Waals surface area contributed by atoms with Gasteiger partial charge in [-0.1, -0.05) is 34.6 Å². The molecule has 126 valence electrons. The summed E-state index contributed by atoms with van der Waals surface area (Å²) in [5.41, 5.74) is 0.353. The van der Waals surface area contributed by atoms with E-state index in [4.69, 9.17) is 4.74 Å². The second kappa shape index (κ2) is 9.09. The van der Waals surface area contributed by atoms with E-state index in [1.807, 2.05) is 0 Å². The molecule has 1 N–H and O–H groups in total. The largest absolute Gasteiger partial charge is 0.374 e. The highest BCUT2D eigenvalue weighted by molar-refractivity contribution is 4.76. The van der Waals surface area contributed by atoms with Crippen molar-refractivity contribution in [3.05, 3.63) is 0 Å². The topological polar surface area (TPSA) is 27.7 Å². The third-order valence-electron chi connectivity index (χ3n) is 3.69. The minimum absolute atomic E-state index is 0.353. The molecule has 0 saturated carbocycles. The predicted molar refractivity (Wildman–Crippen MR) is 90.9 cm³/mol. The molecule has 0 aromatic heterocycles. The molecule has 0 aliphatic carbocycles. The summed E-state index contributed by atoms with van der Waals surface area (Å²) >= 11 is 0. The first-order valence-corrected chi connectivity index (χ1v) is 8.52. The van der Waals surface area contributed by atoms with Gasteiger partial charge in [-0.3, -0.25) is 4.90 Å². The first-order chi connectivity index (χ1) is 9.76. The Hall–Kier alpha value is -0.160. The highest BCUT2D eigenvalue weighted by atomic mass is 16.5. The Bertz CT molecular complexity index is 276. The molecule has 0 aromatic rings. The van der Waals surface area contributed by atoms with E-state index >= 15 is 0 Å². The van der Waals surface area contributed by atoms with Crippen LogP contribution in [0.2, 0.25) is 0 Å². The van der Waals surface area contributed by atoms with Gasteiger partial charge in [0.25, 0.3) is 0 Å². The summed E-state index contributed by atoms with van der Waals surface area (Å²) in [6.45, 7) is 18.8. The molecular formula is C17H37N3O. The molecule has 1 rings (SSSR count). The van der Waals surface area contributed by atoms with E-state index in [1.54, 1.807) is 0 Å². The Labute approximate surface area is 132 Å². The van der Waals surface area contributed by atoms with E-state index in [-0.39, 0.29) is 0 Å². The summed E-state index contributed by atoms with van der Waals surface area (Å²) in [7, 11) is 2.21. The number of nitrogens with one attached hydrogen (secondary N) is 1. The number of ether oxygens (including phenoxy) is 1. The molecule has 0 unspecified atom stereocenters. The first kappa shape index (κ1) is 18.9. The summed E-state index contributed by atoms with van der Waals surface area (Å²) in [6, 6.07) is 0.591. The minimum Gasteiger partial charge on any atom is -0.374 e. The highest BCUT2D eigenvalue weighted by Gasteiger charge is 2.23. The normalized spacial score (nSPS) is 21.4. The molecule has 0 amide bonds. The van der Waals surface area contributed by atoms with E-state index in [9.17, 15) is 0 Å². The van der Waals surface area contributed by atoms with Crippen molar-refractivity contribution in [1.29, 1.82) is 0 Å². The van der Waals surface area contributed by atoms with Crippen molar-refractivity contribution < 1.29 is 4.74 Å². The molecule has 1 saturated heterocycles. The van der Waals surface area contributed by atoms with Gasteiger partial charge in [0.05, 0.1) is 12.7 Å². The van der Waals surface area contributed by atoms with E-state index in [0.717, 1.165) is 39.3 Å². The third kappa shape index (κ3) is 9.46. The van der Waals surface area contributed by atoms with Crippen LogP contribution < -0.4 is 5.32 Å². The first-order valence-electron chi connectivity index (χ1n) is 8.52. The van der Waals surface area contributed by atoms with Gasteiger partial charge in [0.1, 0.15) is 0 Å². The molecule has 1 heterocycles. The summed E-state index contributed by atoms with van der Waals surface area (Å²) in [4.78, 5) is 4.97. The highest BCUT2D eigenvalue weighted by Crippen LogP contribution is 2.15. The lowest BCUT2D eigenvalue weighted by Gasteiger charge is -2.36. The molecule has 1 aliphatic rings. The van der Waals surface area contributed by atoms with Crippen molar-refractivity contribution in [3.8, 4) is 0 Å². The average Bonchev–Trinajstić information content (AvgIpc) is 2.32. The van der Waals surface area contributed by atoms with Gasteiger partial charge >= 0.3 is 0 Å². The zero-order valence-electron chi connectivity index (χ0n) is 15.1. The SMILES string of the molecule is CC(C)NCCCN1CCO[C@@H](CN(C)CC(C)(C)C)C1. The van der Waals surface area contributed by atoms with Gasteiger partial charge in [-0.05, 0) is 32.0 Å². The number of likely N-dealkylation sites (N-methyl/N-ethyl adjacent to an activating group) is 1. The summed E-state index contributed by atoms with van der Waals surface area (Å²) < 4.78 is 5.94. The quantitative estimate of drug-likeness (QED) is 0.694. The van der Waals surface area contributed by atoms with Gasteiger partial charge in [0.15, 0.2) is 0 Å². The van der Waals surface area contributed by atoms with Crippen LogP contribution in [0, 0.1) is 5.41 Å². The van der Waals surface area contributed by atoms with Gasteiger partial charge in [-0.25, -0.2) is 0 Å². The van der Waals surface area contributed by atoms with Crippen LogP contribution >= 0.6 is 0 Å². The van der Waals surface area contributed by atoms with Crippen LogP contribution in [0.1, 0.15) is 41.0 Å². The lowest BCUT2D eigenvalue weighted by atomic mass is 9.96. The maximum atomic E-state index is 5.94. The fraction of sp³-hybridized carbons (Fsp3) is 1.00. The number of rotatable bonds is 8. The second-order valence-corrected chi connectivity index (χ2v) is 8.01. The van der Waals surface area contributed by atoms with Crippen LogP contribution in [0.15, 0.2) is 0 Å². The van der Waals surface area contributed by atoms with Crippen molar-refractivity contribution in [1.82, 2.24) is 15.1 Å². The van der Waals surface area contributed by atoms with Crippen LogP contribution in [0.3, 0.4) is 0 Å². The molecule has 0 bridgehead atoms. The molecule has 1 fully saturated rings. The molecule has 0 aromatic carbocycles. The summed E-state index contributed by atoms with van der Waals surface area (Å²) in [5, 5.41) is 3.49. The fourth-order valence-corrected chi connectivity index (χ4v) is 3.01. The molecule has 4 heteroatoms. The van der Waals surface area contributed by atoms with Crippen molar-refractivity contribution in [2.45, 2.75) is 53.2 Å². The van der Waals surface area contributed by atoms with E-state index < -0.39 is 0 Å². The zero-order valence-corrected chi connectivity index (χ0v) is 15.1. The lowest BCUT2D eigenvalue weighted by molar-refractivity contribution is -0.0431. The number of morpholine rings is 1. The smallest absolute Gasteiger partial charge is 0.0829 e. The van der Waals surface area contributed by atoms with Crippen LogP contribution in [0.4, 0.5) is 0 Å². The van der Waals surface area contributed by atoms with E-state index in [2.05, 4.69) is 56.8 Å². The van der Waals surface area contributed by atoms with Gasteiger partial charge in [0.2, 0.25) is 0 Å².